The van der Waals surface area contributed by atoms with Gasteiger partial charge in [-0.1, -0.05) is 11.6 Å². The van der Waals surface area contributed by atoms with E-state index in [0.29, 0.717) is 28.7 Å². The summed E-state index contributed by atoms with van der Waals surface area (Å²) >= 11 is 5.86. The lowest BCUT2D eigenvalue weighted by molar-refractivity contribution is 0.0907. The van der Waals surface area contributed by atoms with E-state index in [9.17, 15) is 4.79 Å². The van der Waals surface area contributed by atoms with Crippen LogP contribution in [0.25, 0.3) is 0 Å². The summed E-state index contributed by atoms with van der Waals surface area (Å²) in [6.45, 7) is 3.42. The van der Waals surface area contributed by atoms with Crippen LogP contribution >= 0.6 is 11.6 Å². The van der Waals surface area contributed by atoms with Crippen LogP contribution in [0, 0.1) is 5.92 Å². The molecule has 1 saturated heterocycles. The molecule has 1 aliphatic heterocycles. The molecule has 1 aliphatic rings. The van der Waals surface area contributed by atoms with Gasteiger partial charge in [-0.15, -0.1) is 0 Å². The van der Waals surface area contributed by atoms with Gasteiger partial charge >= 0.3 is 0 Å². The van der Waals surface area contributed by atoms with Crippen molar-refractivity contribution in [1.29, 1.82) is 0 Å². The molecule has 3 N–H and O–H groups in total. The van der Waals surface area contributed by atoms with Crippen LogP contribution in [0.3, 0.4) is 0 Å². The van der Waals surface area contributed by atoms with Crippen molar-refractivity contribution in [2.75, 3.05) is 18.9 Å². The smallest absolute Gasteiger partial charge is 0.251 e. The van der Waals surface area contributed by atoms with Crippen molar-refractivity contribution in [3.63, 3.8) is 0 Å². The molecule has 0 aromatic heterocycles. The summed E-state index contributed by atoms with van der Waals surface area (Å²) in [7, 11) is 0. The average Bonchev–Trinajstić information content (AvgIpc) is 2.70. The van der Waals surface area contributed by atoms with E-state index in [0.717, 1.165) is 13.0 Å². The highest BCUT2D eigenvalue weighted by Crippen LogP contribution is 2.20. The highest BCUT2D eigenvalue weighted by molar-refractivity contribution is 6.31. The molecule has 1 aromatic rings. The zero-order valence-corrected chi connectivity index (χ0v) is 11.0. The van der Waals surface area contributed by atoms with Crippen molar-refractivity contribution in [3.8, 4) is 0 Å². The molecule has 0 saturated carbocycles. The van der Waals surface area contributed by atoms with Crippen molar-refractivity contribution < 1.29 is 9.53 Å². The number of rotatable bonds is 3. The van der Waals surface area contributed by atoms with Gasteiger partial charge in [0.25, 0.3) is 5.91 Å². The molecule has 0 spiro atoms. The monoisotopic (exact) mass is 268 g/mol. The standard InChI is InChI=1S/C13H17ClN2O2/c1-8-9(2-3-18-8)7-16-13(17)10-4-11(14)6-12(15)5-10/h4-6,8-9H,2-3,7,15H2,1H3,(H,16,17). The Bertz CT molecular complexity index is 430. The molecule has 98 valence electrons. The first-order chi connectivity index (χ1) is 8.56. The largest absolute Gasteiger partial charge is 0.399 e. The number of amides is 1. The summed E-state index contributed by atoms with van der Waals surface area (Å²) in [6, 6.07) is 4.85. The number of hydrogen-bond donors (Lipinski definition) is 2. The molecule has 5 heteroatoms. The molecular weight excluding hydrogens is 252 g/mol. The van der Waals surface area contributed by atoms with Crippen LogP contribution in [-0.2, 0) is 4.74 Å². The van der Waals surface area contributed by atoms with Crippen LogP contribution in [-0.4, -0.2) is 25.2 Å². The van der Waals surface area contributed by atoms with Gasteiger partial charge in [-0.2, -0.15) is 0 Å². The molecule has 2 atom stereocenters. The minimum absolute atomic E-state index is 0.150. The molecule has 0 aliphatic carbocycles. The maximum Gasteiger partial charge on any atom is 0.251 e. The van der Waals surface area contributed by atoms with Gasteiger partial charge in [-0.25, -0.2) is 0 Å². The fourth-order valence-electron chi connectivity index (χ4n) is 2.11. The first kappa shape index (κ1) is 13.2. The fourth-order valence-corrected chi connectivity index (χ4v) is 2.36. The number of benzene rings is 1. The number of halogens is 1. The molecule has 1 fully saturated rings. The predicted octanol–water partition coefficient (Wildman–Crippen LogP) is 2.08. The molecule has 0 radical (unpaired) electrons. The van der Waals surface area contributed by atoms with Gasteiger partial charge in [0.2, 0.25) is 0 Å². The summed E-state index contributed by atoms with van der Waals surface area (Å²) in [5.74, 6) is 0.230. The topological polar surface area (TPSA) is 64.3 Å². The summed E-state index contributed by atoms with van der Waals surface area (Å²) in [5.41, 5.74) is 6.64. The van der Waals surface area contributed by atoms with Crippen molar-refractivity contribution >= 4 is 23.2 Å². The Labute approximate surface area is 111 Å². The van der Waals surface area contributed by atoms with E-state index in [4.69, 9.17) is 22.1 Å². The molecule has 0 bridgehead atoms. The zero-order valence-electron chi connectivity index (χ0n) is 10.3. The Hall–Kier alpha value is -1.26. The number of nitrogens with two attached hydrogens (primary N) is 1. The van der Waals surface area contributed by atoms with Crippen molar-refractivity contribution in [3.05, 3.63) is 28.8 Å². The third-order valence-corrected chi connectivity index (χ3v) is 3.46. The lowest BCUT2D eigenvalue weighted by atomic mass is 10.0. The fraction of sp³-hybridized carbons (Fsp3) is 0.462. The maximum atomic E-state index is 11.9. The van der Waals surface area contributed by atoms with Crippen LogP contribution in [0.2, 0.25) is 5.02 Å². The van der Waals surface area contributed by atoms with Gasteiger partial charge in [0.1, 0.15) is 0 Å². The number of carbonyl (C=O) groups is 1. The highest BCUT2D eigenvalue weighted by atomic mass is 35.5. The molecule has 4 nitrogen and oxygen atoms in total. The Morgan fingerprint density at radius 3 is 2.94 bits per heavy atom. The molecule has 1 heterocycles. The van der Waals surface area contributed by atoms with Gasteiger partial charge < -0.3 is 15.8 Å². The maximum absolute atomic E-state index is 11.9. The van der Waals surface area contributed by atoms with Gasteiger partial charge in [0.05, 0.1) is 6.10 Å². The van der Waals surface area contributed by atoms with Crippen molar-refractivity contribution in [2.24, 2.45) is 5.92 Å². The molecule has 2 unspecified atom stereocenters. The second-order valence-electron chi connectivity index (χ2n) is 4.61. The summed E-state index contributed by atoms with van der Waals surface area (Å²) in [6.07, 6.45) is 1.19. The molecular formula is C13H17ClN2O2. The third-order valence-electron chi connectivity index (χ3n) is 3.24. The van der Waals surface area contributed by atoms with E-state index in [-0.39, 0.29) is 12.0 Å². The van der Waals surface area contributed by atoms with Gasteiger partial charge in [-0.05, 0) is 31.5 Å². The predicted molar refractivity (Wildman–Crippen MR) is 71.7 cm³/mol. The molecule has 18 heavy (non-hydrogen) atoms. The van der Waals surface area contributed by atoms with E-state index in [1.165, 1.54) is 0 Å². The minimum Gasteiger partial charge on any atom is -0.399 e. The van der Waals surface area contributed by atoms with Crippen LogP contribution in [0.5, 0.6) is 0 Å². The molecule has 1 aromatic carbocycles. The summed E-state index contributed by atoms with van der Waals surface area (Å²) < 4.78 is 5.45. The number of hydrogen-bond acceptors (Lipinski definition) is 3. The van der Waals surface area contributed by atoms with E-state index >= 15 is 0 Å². The average molecular weight is 269 g/mol. The van der Waals surface area contributed by atoms with Crippen molar-refractivity contribution in [2.45, 2.75) is 19.4 Å². The van der Waals surface area contributed by atoms with E-state index in [1.807, 2.05) is 6.92 Å². The number of nitrogens with one attached hydrogen (secondary N) is 1. The Balaban J connectivity index is 1.95. The normalized spacial score (nSPS) is 23.0. The highest BCUT2D eigenvalue weighted by Gasteiger charge is 2.24. The van der Waals surface area contributed by atoms with E-state index in [2.05, 4.69) is 5.32 Å². The SMILES string of the molecule is CC1OCCC1CNC(=O)c1cc(N)cc(Cl)c1. The second kappa shape index (κ2) is 5.59. The Kier molecular flexibility index (Phi) is 4.09. The van der Waals surface area contributed by atoms with Crippen LogP contribution in [0.1, 0.15) is 23.7 Å². The van der Waals surface area contributed by atoms with Crippen LogP contribution in [0.15, 0.2) is 18.2 Å². The summed E-state index contributed by atoms with van der Waals surface area (Å²) in [4.78, 5) is 11.9. The zero-order chi connectivity index (χ0) is 13.1. The first-order valence-corrected chi connectivity index (χ1v) is 6.40. The molecule has 1 amide bonds. The number of ether oxygens (including phenoxy) is 1. The summed E-state index contributed by atoms with van der Waals surface area (Å²) in [5, 5.41) is 3.36. The van der Waals surface area contributed by atoms with Crippen molar-refractivity contribution in [1.82, 2.24) is 5.32 Å². The quantitative estimate of drug-likeness (QED) is 0.825. The lowest BCUT2D eigenvalue weighted by Crippen LogP contribution is -2.32. The number of carbonyl (C=O) groups excluding carboxylic acids is 1. The number of anilines is 1. The van der Waals surface area contributed by atoms with E-state index in [1.54, 1.807) is 18.2 Å². The van der Waals surface area contributed by atoms with Crippen LogP contribution < -0.4 is 11.1 Å². The van der Waals surface area contributed by atoms with Gasteiger partial charge in [0, 0.05) is 35.3 Å². The lowest BCUT2D eigenvalue weighted by Gasteiger charge is -2.14. The number of nitrogen functional groups attached to an aromatic ring is 1. The van der Waals surface area contributed by atoms with Gasteiger partial charge in [0.15, 0.2) is 0 Å². The van der Waals surface area contributed by atoms with Gasteiger partial charge in [-0.3, -0.25) is 4.79 Å². The Morgan fingerprint density at radius 2 is 2.33 bits per heavy atom. The third kappa shape index (κ3) is 3.15. The molecule has 2 rings (SSSR count). The van der Waals surface area contributed by atoms with E-state index < -0.39 is 0 Å². The van der Waals surface area contributed by atoms with Crippen LogP contribution in [0.4, 0.5) is 5.69 Å². The second-order valence-corrected chi connectivity index (χ2v) is 5.04. The first-order valence-electron chi connectivity index (χ1n) is 6.02. The Morgan fingerprint density at radius 1 is 1.56 bits per heavy atom. The minimum atomic E-state index is -0.150.